The van der Waals surface area contributed by atoms with Crippen LogP contribution in [-0.2, 0) is 6.54 Å². The van der Waals surface area contributed by atoms with Crippen LogP contribution in [0.5, 0.6) is 0 Å². The number of benzene rings is 1. The first-order valence-electron chi connectivity index (χ1n) is 5.02. The topological polar surface area (TPSA) is 38.9 Å². The Balaban J connectivity index is 0.00000128. The van der Waals surface area contributed by atoms with Gasteiger partial charge in [0, 0.05) is 18.9 Å². The first-order valence-corrected chi connectivity index (χ1v) is 5.02. The maximum atomic E-state index is 5.70. The Morgan fingerprint density at radius 3 is 2.41 bits per heavy atom. The summed E-state index contributed by atoms with van der Waals surface area (Å²) in [6.07, 6.45) is 3.64. The third-order valence-corrected chi connectivity index (χ3v) is 2.56. The summed E-state index contributed by atoms with van der Waals surface area (Å²) >= 11 is 0. The molecular formula is C13H16Cl2N2. The third kappa shape index (κ3) is 3.43. The molecule has 92 valence electrons. The van der Waals surface area contributed by atoms with Crippen molar-refractivity contribution < 1.29 is 0 Å². The molecule has 0 aliphatic heterocycles. The molecule has 4 heteroatoms. The summed E-state index contributed by atoms with van der Waals surface area (Å²) in [4.78, 5) is 4.09. The van der Waals surface area contributed by atoms with Crippen molar-refractivity contribution in [3.8, 4) is 11.1 Å². The van der Waals surface area contributed by atoms with E-state index in [0.717, 1.165) is 5.56 Å². The van der Waals surface area contributed by atoms with E-state index in [0.29, 0.717) is 6.54 Å². The lowest BCUT2D eigenvalue weighted by Crippen LogP contribution is -2.00. The molecule has 2 nitrogen and oxygen atoms in total. The minimum atomic E-state index is 0. The zero-order valence-corrected chi connectivity index (χ0v) is 11.2. The molecule has 0 aliphatic carbocycles. The van der Waals surface area contributed by atoms with Crippen molar-refractivity contribution in [1.29, 1.82) is 0 Å². The van der Waals surface area contributed by atoms with Gasteiger partial charge < -0.3 is 5.73 Å². The molecule has 1 heterocycles. The second kappa shape index (κ2) is 7.28. The maximum absolute atomic E-state index is 5.70. The van der Waals surface area contributed by atoms with Crippen molar-refractivity contribution in [2.24, 2.45) is 5.73 Å². The molecular weight excluding hydrogens is 255 g/mol. The number of hydrogen-bond donors (Lipinski definition) is 1. The monoisotopic (exact) mass is 270 g/mol. The fourth-order valence-electron chi connectivity index (χ4n) is 1.73. The van der Waals surface area contributed by atoms with Crippen molar-refractivity contribution in [2.45, 2.75) is 13.5 Å². The summed E-state index contributed by atoms with van der Waals surface area (Å²) in [5, 5.41) is 0. The van der Waals surface area contributed by atoms with E-state index in [1.165, 1.54) is 16.7 Å². The van der Waals surface area contributed by atoms with Crippen LogP contribution in [0.1, 0.15) is 11.1 Å². The predicted molar refractivity (Wildman–Crippen MR) is 76.8 cm³/mol. The summed E-state index contributed by atoms with van der Waals surface area (Å²) in [5.41, 5.74) is 10.5. The number of aryl methyl sites for hydroxylation is 1. The van der Waals surface area contributed by atoms with Gasteiger partial charge in [0.05, 0.1) is 0 Å². The van der Waals surface area contributed by atoms with Crippen LogP contribution in [0, 0.1) is 6.92 Å². The second-order valence-electron chi connectivity index (χ2n) is 3.55. The molecule has 1 aromatic heterocycles. The van der Waals surface area contributed by atoms with Crippen LogP contribution < -0.4 is 5.73 Å². The molecule has 0 saturated carbocycles. The summed E-state index contributed by atoms with van der Waals surface area (Å²) in [6.45, 7) is 2.63. The van der Waals surface area contributed by atoms with Gasteiger partial charge in [0.25, 0.3) is 0 Å². The minimum absolute atomic E-state index is 0. The normalized spacial score (nSPS) is 9.06. The Morgan fingerprint density at radius 2 is 1.76 bits per heavy atom. The fraction of sp³-hybridized carbons (Fsp3) is 0.154. The standard InChI is InChI=1S/C13H14N2.2ClH/c1-10-4-2-3-5-12(10)13-6-7-15-9-11(13)8-14;;/h2-7,9H,8,14H2,1H3;2*1H. The van der Waals surface area contributed by atoms with Crippen LogP contribution in [0.3, 0.4) is 0 Å². The number of rotatable bonds is 2. The van der Waals surface area contributed by atoms with Gasteiger partial charge in [0.15, 0.2) is 0 Å². The van der Waals surface area contributed by atoms with Gasteiger partial charge in [0.2, 0.25) is 0 Å². The molecule has 0 radical (unpaired) electrons. The molecule has 2 aromatic rings. The fourth-order valence-corrected chi connectivity index (χ4v) is 1.73. The molecule has 0 spiro atoms. The van der Waals surface area contributed by atoms with E-state index < -0.39 is 0 Å². The van der Waals surface area contributed by atoms with Crippen LogP contribution in [0.4, 0.5) is 0 Å². The van der Waals surface area contributed by atoms with Crippen LogP contribution in [0.25, 0.3) is 11.1 Å². The summed E-state index contributed by atoms with van der Waals surface area (Å²) in [5.74, 6) is 0. The quantitative estimate of drug-likeness (QED) is 0.909. The molecule has 0 unspecified atom stereocenters. The second-order valence-corrected chi connectivity index (χ2v) is 3.55. The molecule has 0 amide bonds. The average Bonchev–Trinajstić information content (AvgIpc) is 2.30. The van der Waals surface area contributed by atoms with Crippen molar-refractivity contribution >= 4 is 24.8 Å². The average molecular weight is 271 g/mol. The molecule has 1 aromatic carbocycles. The number of aromatic nitrogens is 1. The largest absolute Gasteiger partial charge is 0.326 e. The van der Waals surface area contributed by atoms with E-state index in [2.05, 4.69) is 24.0 Å². The first kappa shape index (κ1) is 15.9. The van der Waals surface area contributed by atoms with Gasteiger partial charge in [-0.3, -0.25) is 4.98 Å². The SMILES string of the molecule is Cc1ccccc1-c1ccncc1CN.Cl.Cl. The van der Waals surface area contributed by atoms with Crippen molar-refractivity contribution in [1.82, 2.24) is 4.98 Å². The highest BCUT2D eigenvalue weighted by Crippen LogP contribution is 2.25. The van der Waals surface area contributed by atoms with Gasteiger partial charge in [-0.15, -0.1) is 24.8 Å². The molecule has 0 aliphatic rings. The number of nitrogens with zero attached hydrogens (tertiary/aromatic N) is 1. The summed E-state index contributed by atoms with van der Waals surface area (Å²) in [6, 6.07) is 10.3. The van der Waals surface area contributed by atoms with E-state index in [1.807, 2.05) is 24.4 Å². The number of nitrogens with two attached hydrogens (primary N) is 1. The first-order chi connectivity index (χ1) is 7.33. The summed E-state index contributed by atoms with van der Waals surface area (Å²) in [7, 11) is 0. The van der Waals surface area contributed by atoms with Gasteiger partial charge in [-0.2, -0.15) is 0 Å². The Bertz CT molecular complexity index is 472. The van der Waals surface area contributed by atoms with Crippen LogP contribution in [-0.4, -0.2) is 4.98 Å². The van der Waals surface area contributed by atoms with Gasteiger partial charge in [0.1, 0.15) is 0 Å². The molecule has 0 bridgehead atoms. The molecule has 2 N–H and O–H groups in total. The van der Waals surface area contributed by atoms with E-state index in [1.54, 1.807) is 6.20 Å². The van der Waals surface area contributed by atoms with E-state index in [9.17, 15) is 0 Å². The smallest absolute Gasteiger partial charge is 0.0318 e. The van der Waals surface area contributed by atoms with Crippen molar-refractivity contribution in [3.63, 3.8) is 0 Å². The zero-order valence-electron chi connectivity index (χ0n) is 9.59. The number of hydrogen-bond acceptors (Lipinski definition) is 2. The van der Waals surface area contributed by atoms with Gasteiger partial charge in [-0.1, -0.05) is 24.3 Å². The van der Waals surface area contributed by atoms with Crippen molar-refractivity contribution in [3.05, 3.63) is 53.9 Å². The highest BCUT2D eigenvalue weighted by molar-refractivity contribution is 5.85. The van der Waals surface area contributed by atoms with Gasteiger partial charge >= 0.3 is 0 Å². The summed E-state index contributed by atoms with van der Waals surface area (Å²) < 4.78 is 0. The van der Waals surface area contributed by atoms with Crippen LogP contribution in [0.2, 0.25) is 0 Å². The highest BCUT2D eigenvalue weighted by atomic mass is 35.5. The Morgan fingerprint density at radius 1 is 1.06 bits per heavy atom. The number of pyridine rings is 1. The lowest BCUT2D eigenvalue weighted by Gasteiger charge is -2.09. The molecule has 0 atom stereocenters. The highest BCUT2D eigenvalue weighted by Gasteiger charge is 2.05. The van der Waals surface area contributed by atoms with Crippen molar-refractivity contribution in [2.75, 3.05) is 0 Å². The molecule has 0 saturated heterocycles. The van der Waals surface area contributed by atoms with E-state index in [4.69, 9.17) is 5.73 Å². The van der Waals surface area contributed by atoms with Crippen LogP contribution >= 0.6 is 24.8 Å². The molecule has 0 fully saturated rings. The lowest BCUT2D eigenvalue weighted by atomic mass is 9.98. The van der Waals surface area contributed by atoms with Crippen LogP contribution in [0.15, 0.2) is 42.7 Å². The van der Waals surface area contributed by atoms with E-state index in [-0.39, 0.29) is 24.8 Å². The zero-order chi connectivity index (χ0) is 10.7. The Hall–Kier alpha value is -1.09. The van der Waals surface area contributed by atoms with Gasteiger partial charge in [-0.25, -0.2) is 0 Å². The molecule has 2 rings (SSSR count). The maximum Gasteiger partial charge on any atom is 0.0318 e. The van der Waals surface area contributed by atoms with Gasteiger partial charge in [-0.05, 0) is 35.2 Å². The third-order valence-electron chi connectivity index (χ3n) is 2.56. The molecule has 17 heavy (non-hydrogen) atoms. The minimum Gasteiger partial charge on any atom is -0.326 e. The predicted octanol–water partition coefficient (Wildman–Crippen LogP) is 3.36. The number of halogens is 2. The van der Waals surface area contributed by atoms with E-state index >= 15 is 0 Å². The Kier molecular flexibility index (Phi) is 6.81. The lowest BCUT2D eigenvalue weighted by molar-refractivity contribution is 1.05. The Labute approximate surface area is 114 Å².